The highest BCUT2D eigenvalue weighted by molar-refractivity contribution is 9.10. The van der Waals surface area contributed by atoms with Crippen molar-refractivity contribution in [2.75, 3.05) is 17.1 Å². The van der Waals surface area contributed by atoms with Gasteiger partial charge < -0.3 is 10.2 Å². The number of aryl methyl sites for hydroxylation is 2. The van der Waals surface area contributed by atoms with Crippen LogP contribution >= 0.6 is 15.9 Å². The van der Waals surface area contributed by atoms with Gasteiger partial charge in [-0.25, -0.2) is 8.42 Å². The van der Waals surface area contributed by atoms with Crippen molar-refractivity contribution in [3.8, 4) is 0 Å². The Labute approximate surface area is 259 Å². The molecule has 226 valence electrons. The van der Waals surface area contributed by atoms with Gasteiger partial charge in [0.05, 0.1) is 11.9 Å². The second-order valence-corrected chi connectivity index (χ2v) is 13.8. The number of hydrogen-bond donors (Lipinski definition) is 1. The van der Waals surface area contributed by atoms with Gasteiger partial charge >= 0.3 is 0 Å². The molecule has 0 spiro atoms. The monoisotopic (exact) mass is 655 g/mol. The Morgan fingerprint density at radius 2 is 1.57 bits per heavy atom. The maximum Gasteiger partial charge on any atom is 0.243 e. The molecule has 7 nitrogen and oxygen atoms in total. The largest absolute Gasteiger partial charge is 0.352 e. The molecule has 2 unspecified atom stereocenters. The molecule has 3 aromatic carbocycles. The van der Waals surface area contributed by atoms with E-state index in [1.165, 1.54) is 10.6 Å². The summed E-state index contributed by atoms with van der Waals surface area (Å²) in [6.45, 7) is 8.21. The summed E-state index contributed by atoms with van der Waals surface area (Å²) in [5.41, 5.74) is 4.35. The molecule has 0 saturated carbocycles. The third kappa shape index (κ3) is 9.98. The van der Waals surface area contributed by atoms with Crippen LogP contribution in [0.4, 0.5) is 5.69 Å². The molecule has 3 rings (SSSR count). The number of rotatable bonds is 14. The molecule has 1 N–H and O–H groups in total. The Balaban J connectivity index is 1.90. The van der Waals surface area contributed by atoms with Crippen LogP contribution in [-0.4, -0.2) is 50.0 Å². The van der Waals surface area contributed by atoms with Crippen molar-refractivity contribution < 1.29 is 18.0 Å². The smallest absolute Gasteiger partial charge is 0.243 e. The Kier molecular flexibility index (Phi) is 12.2. The van der Waals surface area contributed by atoms with Gasteiger partial charge in [0.1, 0.15) is 6.04 Å². The molecule has 2 atom stereocenters. The van der Waals surface area contributed by atoms with Crippen LogP contribution in [0.5, 0.6) is 0 Å². The molecule has 3 aromatic rings. The maximum absolute atomic E-state index is 14.0. The molecule has 0 heterocycles. The molecule has 0 aliphatic carbocycles. The predicted octanol–water partition coefficient (Wildman–Crippen LogP) is 6.17. The minimum atomic E-state index is -3.57. The summed E-state index contributed by atoms with van der Waals surface area (Å²) in [7, 11) is -3.57. The van der Waals surface area contributed by atoms with E-state index in [0.717, 1.165) is 33.1 Å². The average Bonchev–Trinajstić information content (AvgIpc) is 2.92. The quantitative estimate of drug-likeness (QED) is 0.225. The van der Waals surface area contributed by atoms with Crippen molar-refractivity contribution in [3.05, 3.63) is 99.5 Å². The third-order valence-electron chi connectivity index (χ3n) is 7.16. The molecule has 0 saturated heterocycles. The highest BCUT2D eigenvalue weighted by atomic mass is 79.9. The van der Waals surface area contributed by atoms with E-state index in [0.29, 0.717) is 18.5 Å². The lowest BCUT2D eigenvalue weighted by Crippen LogP contribution is -2.52. The second-order valence-electron chi connectivity index (χ2n) is 11.0. The van der Waals surface area contributed by atoms with Gasteiger partial charge in [0, 0.05) is 36.4 Å². The molecular weight excluding hydrogens is 614 g/mol. The summed E-state index contributed by atoms with van der Waals surface area (Å²) in [6, 6.07) is 22.3. The van der Waals surface area contributed by atoms with E-state index >= 15 is 0 Å². The summed E-state index contributed by atoms with van der Waals surface area (Å²) in [6.07, 6.45) is 2.71. The molecule has 0 bridgehead atoms. The zero-order valence-electron chi connectivity index (χ0n) is 25.1. The summed E-state index contributed by atoms with van der Waals surface area (Å²) >= 11 is 3.51. The first-order valence-corrected chi connectivity index (χ1v) is 17.0. The average molecular weight is 657 g/mol. The number of anilines is 1. The normalized spacial score (nSPS) is 12.8. The molecule has 42 heavy (non-hydrogen) atoms. The van der Waals surface area contributed by atoms with E-state index in [1.807, 2.05) is 100 Å². The zero-order valence-corrected chi connectivity index (χ0v) is 27.5. The molecule has 0 aliphatic rings. The van der Waals surface area contributed by atoms with Crippen molar-refractivity contribution >= 4 is 43.5 Å². The van der Waals surface area contributed by atoms with Gasteiger partial charge in [0.25, 0.3) is 0 Å². The number of nitrogens with one attached hydrogen (secondary N) is 1. The minimum Gasteiger partial charge on any atom is -0.352 e. The van der Waals surface area contributed by atoms with Crippen molar-refractivity contribution in [3.63, 3.8) is 0 Å². The third-order valence-corrected chi connectivity index (χ3v) is 8.85. The number of halogens is 1. The van der Waals surface area contributed by atoms with Crippen molar-refractivity contribution in [1.82, 2.24) is 10.2 Å². The second kappa shape index (κ2) is 15.3. The van der Waals surface area contributed by atoms with Crippen LogP contribution in [-0.2, 0) is 32.6 Å². The van der Waals surface area contributed by atoms with Gasteiger partial charge in [-0.1, -0.05) is 71.4 Å². The van der Waals surface area contributed by atoms with Crippen LogP contribution in [0, 0.1) is 13.8 Å². The molecule has 2 amide bonds. The van der Waals surface area contributed by atoms with Crippen LogP contribution in [0.2, 0.25) is 0 Å². The van der Waals surface area contributed by atoms with Gasteiger partial charge in [-0.05, 0) is 80.1 Å². The Bertz CT molecular complexity index is 1440. The Morgan fingerprint density at radius 3 is 2.17 bits per heavy atom. The number of carbonyl (C=O) groups is 2. The van der Waals surface area contributed by atoms with Gasteiger partial charge in [-0.3, -0.25) is 13.9 Å². The standard InChI is InChI=1S/C33H42BrN3O4S/c1-6-26(4)35-33(39)31(22-27-12-8-7-9-13-27)36(23-28-14-10-15-29(34)21-28)32(38)16-11-17-37(42(5,40)41)30-19-24(2)18-25(3)20-30/h7-10,12-15,18-21,26,31H,6,11,16-17,22-23H2,1-5H3,(H,35,39). The van der Waals surface area contributed by atoms with Gasteiger partial charge in [0.2, 0.25) is 21.8 Å². The summed E-state index contributed by atoms with van der Waals surface area (Å²) in [4.78, 5) is 29.3. The van der Waals surface area contributed by atoms with Crippen LogP contribution in [0.25, 0.3) is 0 Å². The minimum absolute atomic E-state index is 0.0419. The number of amides is 2. The highest BCUT2D eigenvalue weighted by Gasteiger charge is 2.31. The van der Waals surface area contributed by atoms with Gasteiger partial charge in [-0.2, -0.15) is 0 Å². The summed E-state index contributed by atoms with van der Waals surface area (Å²) in [5.74, 6) is -0.409. The van der Waals surface area contributed by atoms with Crippen LogP contribution in [0.3, 0.4) is 0 Å². The Morgan fingerprint density at radius 1 is 0.929 bits per heavy atom. The van der Waals surface area contributed by atoms with Crippen LogP contribution in [0.1, 0.15) is 55.4 Å². The summed E-state index contributed by atoms with van der Waals surface area (Å²) < 4.78 is 27.7. The predicted molar refractivity (Wildman–Crippen MR) is 174 cm³/mol. The van der Waals surface area contributed by atoms with E-state index < -0.39 is 16.1 Å². The lowest BCUT2D eigenvalue weighted by Gasteiger charge is -2.33. The Hall–Kier alpha value is -3.17. The molecule has 0 aromatic heterocycles. The number of nitrogens with zero attached hydrogens (tertiary/aromatic N) is 2. The molecular formula is C33H42BrN3O4S. The molecule has 0 fully saturated rings. The zero-order chi connectivity index (χ0) is 30.9. The fraction of sp³-hybridized carbons (Fsp3) is 0.394. The first-order chi connectivity index (χ1) is 19.9. The first kappa shape index (κ1) is 33.3. The maximum atomic E-state index is 14.0. The van der Waals surface area contributed by atoms with Gasteiger partial charge in [-0.15, -0.1) is 0 Å². The van der Waals surface area contributed by atoms with Crippen molar-refractivity contribution in [2.24, 2.45) is 0 Å². The van der Waals surface area contributed by atoms with E-state index in [1.54, 1.807) is 4.90 Å². The number of benzene rings is 3. The summed E-state index contributed by atoms with van der Waals surface area (Å²) in [5, 5.41) is 3.08. The molecule has 0 aliphatic heterocycles. The number of carbonyl (C=O) groups excluding carboxylic acids is 2. The van der Waals surface area contributed by atoms with E-state index in [9.17, 15) is 18.0 Å². The lowest BCUT2D eigenvalue weighted by molar-refractivity contribution is -0.141. The fourth-order valence-corrected chi connectivity index (χ4v) is 6.32. The topological polar surface area (TPSA) is 86.8 Å². The molecule has 0 radical (unpaired) electrons. The van der Waals surface area contributed by atoms with E-state index in [4.69, 9.17) is 0 Å². The highest BCUT2D eigenvalue weighted by Crippen LogP contribution is 2.23. The van der Waals surface area contributed by atoms with Crippen LogP contribution < -0.4 is 9.62 Å². The fourth-order valence-electron chi connectivity index (χ4n) is 4.93. The van der Waals surface area contributed by atoms with Crippen molar-refractivity contribution in [1.29, 1.82) is 0 Å². The lowest BCUT2D eigenvalue weighted by atomic mass is 10.0. The van der Waals surface area contributed by atoms with Gasteiger partial charge in [0.15, 0.2) is 0 Å². The molecule has 9 heteroatoms. The first-order valence-electron chi connectivity index (χ1n) is 14.3. The number of hydrogen-bond acceptors (Lipinski definition) is 4. The van der Waals surface area contributed by atoms with E-state index in [2.05, 4.69) is 21.2 Å². The SMILES string of the molecule is CCC(C)NC(=O)C(Cc1ccccc1)N(Cc1cccc(Br)c1)C(=O)CCCN(c1cc(C)cc(C)c1)S(C)(=O)=O. The number of sulfonamides is 1. The van der Waals surface area contributed by atoms with Crippen molar-refractivity contribution in [2.45, 2.75) is 72.0 Å². The van der Waals surface area contributed by atoms with E-state index in [-0.39, 0.29) is 37.4 Å². The van der Waals surface area contributed by atoms with Crippen LogP contribution in [0.15, 0.2) is 77.3 Å².